The third-order valence-electron chi connectivity index (χ3n) is 6.31. The molecule has 1 fully saturated rings. The minimum atomic E-state index is -1.12. The topological polar surface area (TPSA) is 189 Å². The Kier molecular flexibility index (Phi) is 14.4. The van der Waals surface area contributed by atoms with Crippen LogP contribution in [0.5, 0.6) is 0 Å². The van der Waals surface area contributed by atoms with E-state index < -0.39 is 35.9 Å². The highest BCUT2D eigenvalue weighted by Crippen LogP contribution is 2.11. The van der Waals surface area contributed by atoms with Gasteiger partial charge in [-0.1, -0.05) is 20.3 Å². The Morgan fingerprint density at radius 3 is 1.97 bits per heavy atom. The van der Waals surface area contributed by atoms with E-state index in [-0.39, 0.29) is 17.9 Å². The number of unbranched alkanes of at least 4 members (excludes halogenated alkanes) is 2. The fraction of sp³-hybridized carbons (Fsp3) is 0.826. The summed E-state index contributed by atoms with van der Waals surface area (Å²) in [5.74, 6) is -2.65. The van der Waals surface area contributed by atoms with Gasteiger partial charge in [-0.25, -0.2) is 4.79 Å². The Bertz CT molecular complexity index is 656. The Hall–Kier alpha value is -2.24. The molecule has 11 nitrogen and oxygen atoms in total. The number of hydrogen-bond donors (Lipinski definition) is 7. The van der Waals surface area contributed by atoms with Crippen LogP contribution in [0.3, 0.4) is 0 Å². The van der Waals surface area contributed by atoms with Gasteiger partial charge in [0.25, 0.3) is 0 Å². The fourth-order valence-electron chi connectivity index (χ4n) is 3.91. The second kappa shape index (κ2) is 16.4. The molecule has 5 atom stereocenters. The van der Waals surface area contributed by atoms with Crippen molar-refractivity contribution in [2.24, 2.45) is 17.4 Å². The maximum Gasteiger partial charge on any atom is 0.326 e. The van der Waals surface area contributed by atoms with Crippen LogP contribution in [0.15, 0.2) is 0 Å². The Labute approximate surface area is 202 Å². The maximum atomic E-state index is 13.1. The van der Waals surface area contributed by atoms with E-state index in [1.165, 1.54) is 0 Å². The van der Waals surface area contributed by atoms with Crippen LogP contribution in [0, 0.1) is 5.92 Å². The van der Waals surface area contributed by atoms with Crippen LogP contribution in [-0.2, 0) is 19.2 Å². The van der Waals surface area contributed by atoms with Crippen LogP contribution in [-0.4, -0.2) is 72.6 Å². The standard InChI is InChI=1S/C23H44N6O5/c1-3-15(2)19(23(33)34)29-22(32)18(10-5-7-13-25)28-21(31)17(9-4-6-12-24)27-20(30)16-11-8-14-26-16/h15-19,26H,3-14,24-25H2,1-2H3,(H,27,30)(H,28,31)(H,29,32)(H,33,34). The lowest BCUT2D eigenvalue weighted by Gasteiger charge is -2.26. The van der Waals surface area contributed by atoms with Crippen molar-refractivity contribution in [2.75, 3.05) is 19.6 Å². The molecule has 0 saturated carbocycles. The van der Waals surface area contributed by atoms with Crippen LogP contribution < -0.4 is 32.7 Å². The van der Waals surface area contributed by atoms with Gasteiger partial charge in [0.2, 0.25) is 17.7 Å². The molecule has 0 aromatic heterocycles. The highest BCUT2D eigenvalue weighted by molar-refractivity contribution is 5.94. The van der Waals surface area contributed by atoms with Crippen LogP contribution in [0.4, 0.5) is 0 Å². The summed E-state index contributed by atoms with van der Waals surface area (Å²) in [6.07, 6.45) is 5.49. The summed E-state index contributed by atoms with van der Waals surface area (Å²) in [6, 6.07) is -3.13. The monoisotopic (exact) mass is 484 g/mol. The second-order valence-corrected chi connectivity index (χ2v) is 9.05. The van der Waals surface area contributed by atoms with Crippen molar-refractivity contribution in [2.45, 2.75) is 95.8 Å². The summed E-state index contributed by atoms with van der Waals surface area (Å²) in [6.45, 7) is 5.27. The Balaban J connectivity index is 2.93. The van der Waals surface area contributed by atoms with E-state index in [2.05, 4.69) is 21.3 Å². The SMILES string of the molecule is CCC(C)C(NC(=O)C(CCCCN)NC(=O)C(CCCCN)NC(=O)C1CCCN1)C(=O)O. The number of carbonyl (C=O) groups is 4. The highest BCUT2D eigenvalue weighted by atomic mass is 16.4. The van der Waals surface area contributed by atoms with Crippen LogP contribution in [0.1, 0.15) is 71.6 Å². The first-order valence-electron chi connectivity index (χ1n) is 12.5. The lowest BCUT2D eigenvalue weighted by molar-refractivity contribution is -0.144. The number of aliphatic carboxylic acids is 1. The summed E-state index contributed by atoms with van der Waals surface area (Å²) >= 11 is 0. The van der Waals surface area contributed by atoms with Gasteiger partial charge in [-0.15, -0.1) is 0 Å². The first kappa shape index (κ1) is 29.8. The van der Waals surface area contributed by atoms with Gasteiger partial charge in [0.1, 0.15) is 18.1 Å². The fourth-order valence-corrected chi connectivity index (χ4v) is 3.91. The van der Waals surface area contributed by atoms with Crippen LogP contribution in [0.2, 0.25) is 0 Å². The van der Waals surface area contributed by atoms with E-state index in [9.17, 15) is 24.3 Å². The molecule has 5 unspecified atom stereocenters. The molecule has 9 N–H and O–H groups in total. The van der Waals surface area contributed by atoms with Crippen molar-refractivity contribution in [1.82, 2.24) is 21.3 Å². The average Bonchev–Trinajstić information content (AvgIpc) is 3.35. The number of rotatable bonds is 17. The van der Waals surface area contributed by atoms with Gasteiger partial charge in [-0.3, -0.25) is 14.4 Å². The predicted molar refractivity (Wildman–Crippen MR) is 130 cm³/mol. The Morgan fingerprint density at radius 2 is 1.50 bits per heavy atom. The summed E-state index contributed by atoms with van der Waals surface area (Å²) in [5.41, 5.74) is 11.1. The van der Waals surface area contributed by atoms with E-state index in [0.717, 1.165) is 13.0 Å². The van der Waals surface area contributed by atoms with Crippen LogP contribution >= 0.6 is 0 Å². The minimum Gasteiger partial charge on any atom is -0.480 e. The minimum absolute atomic E-state index is 0.239. The lowest BCUT2D eigenvalue weighted by Crippen LogP contribution is -2.57. The zero-order valence-corrected chi connectivity index (χ0v) is 20.6. The molecule has 1 rings (SSSR count). The molecule has 3 amide bonds. The summed E-state index contributed by atoms with van der Waals surface area (Å²) in [4.78, 5) is 50.4. The van der Waals surface area contributed by atoms with Crippen molar-refractivity contribution in [3.8, 4) is 0 Å². The van der Waals surface area contributed by atoms with E-state index in [1.54, 1.807) is 6.92 Å². The number of nitrogens with one attached hydrogen (secondary N) is 4. The van der Waals surface area contributed by atoms with E-state index in [1.807, 2.05) is 6.92 Å². The number of nitrogens with two attached hydrogens (primary N) is 2. The molecule has 11 heteroatoms. The van der Waals surface area contributed by atoms with E-state index >= 15 is 0 Å². The molecule has 1 saturated heterocycles. The lowest BCUT2D eigenvalue weighted by atomic mass is 9.98. The number of hydrogen-bond acceptors (Lipinski definition) is 7. The zero-order valence-electron chi connectivity index (χ0n) is 20.6. The average molecular weight is 485 g/mol. The van der Waals surface area contributed by atoms with Crippen molar-refractivity contribution < 1.29 is 24.3 Å². The van der Waals surface area contributed by atoms with Gasteiger partial charge in [0.15, 0.2) is 0 Å². The van der Waals surface area contributed by atoms with Gasteiger partial charge in [-0.2, -0.15) is 0 Å². The molecule has 34 heavy (non-hydrogen) atoms. The first-order chi connectivity index (χ1) is 16.2. The van der Waals surface area contributed by atoms with Crippen LogP contribution in [0.25, 0.3) is 0 Å². The largest absolute Gasteiger partial charge is 0.480 e. The molecule has 0 aromatic carbocycles. The van der Waals surface area contributed by atoms with Gasteiger partial charge in [-0.05, 0) is 76.9 Å². The third kappa shape index (κ3) is 10.4. The smallest absolute Gasteiger partial charge is 0.326 e. The van der Waals surface area contributed by atoms with Gasteiger partial charge in [0.05, 0.1) is 6.04 Å². The summed E-state index contributed by atoms with van der Waals surface area (Å²) in [5, 5.41) is 20.8. The molecule has 0 bridgehead atoms. The van der Waals surface area contributed by atoms with Crippen molar-refractivity contribution in [1.29, 1.82) is 0 Å². The molecule has 1 aliphatic rings. The molecule has 1 heterocycles. The second-order valence-electron chi connectivity index (χ2n) is 9.05. The van der Waals surface area contributed by atoms with Crippen molar-refractivity contribution in [3.05, 3.63) is 0 Å². The Morgan fingerprint density at radius 1 is 0.941 bits per heavy atom. The maximum absolute atomic E-state index is 13.1. The van der Waals surface area contributed by atoms with Gasteiger partial charge >= 0.3 is 5.97 Å². The molecule has 196 valence electrons. The quantitative estimate of drug-likeness (QED) is 0.135. The molecule has 1 aliphatic heterocycles. The zero-order chi connectivity index (χ0) is 25.5. The molecule has 0 aromatic rings. The number of amides is 3. The summed E-state index contributed by atoms with van der Waals surface area (Å²) in [7, 11) is 0. The molecular formula is C23H44N6O5. The molecule has 0 radical (unpaired) electrons. The summed E-state index contributed by atoms with van der Waals surface area (Å²) < 4.78 is 0. The molecule has 0 aliphatic carbocycles. The van der Waals surface area contributed by atoms with E-state index in [4.69, 9.17) is 11.5 Å². The molecular weight excluding hydrogens is 440 g/mol. The third-order valence-corrected chi connectivity index (χ3v) is 6.31. The first-order valence-corrected chi connectivity index (χ1v) is 12.5. The van der Waals surface area contributed by atoms with Gasteiger partial charge in [0, 0.05) is 0 Å². The van der Waals surface area contributed by atoms with Crippen molar-refractivity contribution in [3.63, 3.8) is 0 Å². The number of carboxylic acids is 1. The molecule has 0 spiro atoms. The predicted octanol–water partition coefficient (Wildman–Crippen LogP) is -0.418. The highest BCUT2D eigenvalue weighted by Gasteiger charge is 2.32. The van der Waals surface area contributed by atoms with E-state index in [0.29, 0.717) is 64.5 Å². The van der Waals surface area contributed by atoms with Crippen molar-refractivity contribution >= 4 is 23.7 Å². The normalized spacial score (nSPS) is 19.0. The number of carbonyl (C=O) groups excluding carboxylic acids is 3. The van der Waals surface area contributed by atoms with Gasteiger partial charge < -0.3 is 37.8 Å². The number of carboxylic acid groups (broad SMARTS) is 1.